The van der Waals surface area contributed by atoms with E-state index in [0.717, 1.165) is 29.7 Å². The minimum absolute atomic E-state index is 0.0769. The smallest absolute Gasteiger partial charge is 0.260 e. The molecule has 27 heavy (non-hydrogen) atoms. The summed E-state index contributed by atoms with van der Waals surface area (Å²) < 4.78 is 13.2. The third kappa shape index (κ3) is 3.40. The van der Waals surface area contributed by atoms with E-state index in [9.17, 15) is 14.0 Å². The Bertz CT molecular complexity index is 1010. The number of nitrogens with one attached hydrogen (secondary N) is 2. The molecule has 0 aliphatic carbocycles. The van der Waals surface area contributed by atoms with Crippen LogP contribution in [-0.4, -0.2) is 39.1 Å². The molecular weight excluding hydrogens is 347 g/mol. The molecule has 1 aromatic carbocycles. The van der Waals surface area contributed by atoms with Crippen LogP contribution in [0.15, 0.2) is 53.6 Å². The molecule has 1 atom stereocenters. The van der Waals surface area contributed by atoms with E-state index < -0.39 is 0 Å². The lowest BCUT2D eigenvalue weighted by atomic mass is 9.90. The predicted octanol–water partition coefficient (Wildman–Crippen LogP) is 2.92. The van der Waals surface area contributed by atoms with Crippen LogP contribution in [0.4, 0.5) is 4.39 Å². The van der Waals surface area contributed by atoms with Gasteiger partial charge in [-0.05, 0) is 42.7 Å². The summed E-state index contributed by atoms with van der Waals surface area (Å²) in [5.74, 6) is -0.469. The second-order valence-corrected chi connectivity index (χ2v) is 6.71. The molecule has 3 aromatic rings. The van der Waals surface area contributed by atoms with Crippen LogP contribution in [0.1, 0.15) is 34.8 Å². The third-order valence-corrected chi connectivity index (χ3v) is 4.99. The first kappa shape index (κ1) is 17.2. The highest BCUT2D eigenvalue weighted by molar-refractivity contribution is 5.93. The Balaban J connectivity index is 1.59. The van der Waals surface area contributed by atoms with Crippen LogP contribution in [0.2, 0.25) is 0 Å². The molecule has 2 N–H and O–H groups in total. The number of hydrogen-bond acceptors (Lipinski definition) is 3. The molecule has 0 spiro atoms. The number of aromatic nitrogens is 3. The van der Waals surface area contributed by atoms with Crippen molar-refractivity contribution in [3.8, 4) is 11.1 Å². The molecule has 0 bridgehead atoms. The fourth-order valence-electron chi connectivity index (χ4n) is 3.62. The van der Waals surface area contributed by atoms with Crippen LogP contribution >= 0.6 is 0 Å². The van der Waals surface area contributed by atoms with Crippen molar-refractivity contribution in [2.24, 2.45) is 0 Å². The Labute approximate surface area is 155 Å². The van der Waals surface area contributed by atoms with Gasteiger partial charge in [-0.15, -0.1) is 0 Å². The van der Waals surface area contributed by atoms with Gasteiger partial charge in [0, 0.05) is 36.5 Å². The first-order valence-corrected chi connectivity index (χ1v) is 8.89. The van der Waals surface area contributed by atoms with Crippen molar-refractivity contribution in [2.75, 3.05) is 13.1 Å². The molecule has 1 fully saturated rings. The molecule has 1 saturated heterocycles. The SMILES string of the molecule is O=C(c1ccc[nH]c1=O)N1CCC[C@@H](c2[nH]ncc2-c2ccc(F)cc2)C1. The standard InChI is InChI=1S/C20H19FN4O2/c21-15-7-5-13(6-8-15)17-11-23-24-18(17)14-3-2-10-25(12-14)20(27)16-4-1-9-22-19(16)26/h1,4-9,11,14H,2-3,10,12H2,(H,22,26)(H,23,24)/t14-/m1/s1. The maximum absolute atomic E-state index is 13.2. The average Bonchev–Trinajstić information content (AvgIpc) is 3.18. The Hall–Kier alpha value is -3.22. The quantitative estimate of drug-likeness (QED) is 0.748. The lowest BCUT2D eigenvalue weighted by Crippen LogP contribution is -2.41. The van der Waals surface area contributed by atoms with Gasteiger partial charge in [0.05, 0.1) is 6.20 Å². The van der Waals surface area contributed by atoms with Gasteiger partial charge >= 0.3 is 0 Å². The fraction of sp³-hybridized carbons (Fsp3) is 0.250. The van der Waals surface area contributed by atoms with Crippen molar-refractivity contribution >= 4 is 5.91 Å². The molecule has 0 radical (unpaired) electrons. The number of aromatic amines is 2. The average molecular weight is 366 g/mol. The van der Waals surface area contributed by atoms with E-state index in [1.54, 1.807) is 35.4 Å². The van der Waals surface area contributed by atoms with E-state index in [-0.39, 0.29) is 28.8 Å². The van der Waals surface area contributed by atoms with Crippen molar-refractivity contribution in [1.82, 2.24) is 20.1 Å². The number of halogens is 1. The minimum Gasteiger partial charge on any atom is -0.338 e. The van der Waals surface area contributed by atoms with E-state index in [1.165, 1.54) is 18.3 Å². The highest BCUT2D eigenvalue weighted by atomic mass is 19.1. The molecule has 1 amide bonds. The summed E-state index contributed by atoms with van der Waals surface area (Å²) in [6, 6.07) is 9.48. The van der Waals surface area contributed by atoms with E-state index in [0.29, 0.717) is 13.1 Å². The van der Waals surface area contributed by atoms with E-state index >= 15 is 0 Å². The topological polar surface area (TPSA) is 81.9 Å². The van der Waals surface area contributed by atoms with E-state index in [2.05, 4.69) is 15.2 Å². The highest BCUT2D eigenvalue weighted by Crippen LogP contribution is 2.33. The van der Waals surface area contributed by atoms with Gasteiger partial charge in [-0.3, -0.25) is 14.7 Å². The summed E-state index contributed by atoms with van der Waals surface area (Å²) in [4.78, 5) is 29.0. The van der Waals surface area contributed by atoms with Gasteiger partial charge in [0.2, 0.25) is 0 Å². The summed E-state index contributed by atoms with van der Waals surface area (Å²) in [5, 5.41) is 7.21. The molecule has 4 rings (SSSR count). The normalized spacial score (nSPS) is 17.1. The van der Waals surface area contributed by atoms with Crippen LogP contribution in [0.5, 0.6) is 0 Å². The number of carbonyl (C=O) groups excluding carboxylic acids is 1. The van der Waals surface area contributed by atoms with Gasteiger partial charge in [-0.1, -0.05) is 12.1 Å². The van der Waals surface area contributed by atoms with Gasteiger partial charge in [-0.2, -0.15) is 5.10 Å². The lowest BCUT2D eigenvalue weighted by molar-refractivity contribution is 0.0704. The zero-order chi connectivity index (χ0) is 18.8. The second kappa shape index (κ2) is 7.19. The highest BCUT2D eigenvalue weighted by Gasteiger charge is 2.29. The molecule has 138 valence electrons. The molecular formula is C20H19FN4O2. The largest absolute Gasteiger partial charge is 0.338 e. The summed E-state index contributed by atoms with van der Waals surface area (Å²) in [5.41, 5.74) is 2.50. The number of rotatable bonds is 3. The minimum atomic E-state index is -0.377. The third-order valence-electron chi connectivity index (χ3n) is 4.99. The number of amides is 1. The summed E-state index contributed by atoms with van der Waals surface area (Å²) >= 11 is 0. The summed E-state index contributed by atoms with van der Waals surface area (Å²) in [6.07, 6.45) is 4.98. The molecule has 1 aliphatic rings. The van der Waals surface area contributed by atoms with Crippen molar-refractivity contribution in [3.63, 3.8) is 0 Å². The number of nitrogens with zero attached hydrogens (tertiary/aromatic N) is 2. The van der Waals surface area contributed by atoms with E-state index in [4.69, 9.17) is 0 Å². The van der Waals surface area contributed by atoms with Crippen molar-refractivity contribution in [3.05, 3.63) is 76.2 Å². The first-order valence-electron chi connectivity index (χ1n) is 8.89. The van der Waals surface area contributed by atoms with Crippen molar-refractivity contribution < 1.29 is 9.18 Å². The van der Waals surface area contributed by atoms with Crippen LogP contribution in [0.25, 0.3) is 11.1 Å². The molecule has 0 unspecified atom stereocenters. The van der Waals surface area contributed by atoms with Crippen LogP contribution in [0.3, 0.4) is 0 Å². The summed E-state index contributed by atoms with van der Waals surface area (Å²) in [7, 11) is 0. The number of hydrogen-bond donors (Lipinski definition) is 2. The van der Waals surface area contributed by atoms with Crippen LogP contribution in [0, 0.1) is 5.82 Å². The van der Waals surface area contributed by atoms with Gasteiger partial charge in [-0.25, -0.2) is 4.39 Å². The number of H-pyrrole nitrogens is 2. The van der Waals surface area contributed by atoms with Crippen molar-refractivity contribution in [1.29, 1.82) is 0 Å². The molecule has 2 aromatic heterocycles. The van der Waals surface area contributed by atoms with Crippen LogP contribution < -0.4 is 5.56 Å². The lowest BCUT2D eigenvalue weighted by Gasteiger charge is -2.32. The van der Waals surface area contributed by atoms with Gasteiger partial charge in [0.25, 0.3) is 11.5 Å². The Morgan fingerprint density at radius 1 is 1.22 bits per heavy atom. The summed E-state index contributed by atoms with van der Waals surface area (Å²) in [6.45, 7) is 1.12. The molecule has 3 heterocycles. The number of benzene rings is 1. The number of carbonyl (C=O) groups is 1. The number of likely N-dealkylation sites (tertiary alicyclic amines) is 1. The van der Waals surface area contributed by atoms with Crippen molar-refractivity contribution in [2.45, 2.75) is 18.8 Å². The molecule has 6 nitrogen and oxygen atoms in total. The Morgan fingerprint density at radius 2 is 2.04 bits per heavy atom. The fourth-order valence-corrected chi connectivity index (χ4v) is 3.62. The maximum atomic E-state index is 13.2. The van der Waals surface area contributed by atoms with Gasteiger partial charge in [0.15, 0.2) is 0 Å². The van der Waals surface area contributed by atoms with Gasteiger partial charge < -0.3 is 9.88 Å². The zero-order valence-corrected chi connectivity index (χ0v) is 14.6. The Morgan fingerprint density at radius 3 is 2.81 bits per heavy atom. The monoisotopic (exact) mass is 366 g/mol. The van der Waals surface area contributed by atoms with Gasteiger partial charge in [0.1, 0.15) is 11.4 Å². The maximum Gasteiger partial charge on any atom is 0.260 e. The Kier molecular flexibility index (Phi) is 4.58. The second-order valence-electron chi connectivity index (χ2n) is 6.71. The zero-order valence-electron chi connectivity index (χ0n) is 14.6. The van der Waals surface area contributed by atoms with E-state index in [1.807, 2.05) is 0 Å². The first-order chi connectivity index (χ1) is 13.1. The molecule has 7 heteroatoms. The van der Waals surface area contributed by atoms with Crippen LogP contribution in [-0.2, 0) is 0 Å². The number of piperidine rings is 1. The predicted molar refractivity (Wildman–Crippen MR) is 98.9 cm³/mol. The molecule has 0 saturated carbocycles. The number of pyridine rings is 1. The molecule has 1 aliphatic heterocycles.